The number of aromatic amines is 2. The van der Waals surface area contributed by atoms with Crippen molar-refractivity contribution >= 4 is 38.6 Å². The van der Waals surface area contributed by atoms with Gasteiger partial charge in [-0.1, -0.05) is 22.0 Å². The molecule has 7 heteroatoms. The highest BCUT2D eigenvalue weighted by Gasteiger charge is 2.05. The first-order valence-electron chi connectivity index (χ1n) is 7.50. The third kappa shape index (κ3) is 4.26. The maximum absolute atomic E-state index is 12.0. The van der Waals surface area contributed by atoms with Crippen LogP contribution < -0.4 is 15.7 Å². The van der Waals surface area contributed by atoms with E-state index in [1.54, 1.807) is 18.2 Å². The van der Waals surface area contributed by atoms with Gasteiger partial charge in [0, 0.05) is 16.6 Å². The van der Waals surface area contributed by atoms with Crippen LogP contribution in [0.4, 0.5) is 5.69 Å². The maximum Gasteiger partial charge on any atom is 0.323 e. The number of H-pyrrole nitrogens is 2. The summed E-state index contributed by atoms with van der Waals surface area (Å²) in [5.41, 5.74) is 1.75. The number of halogens is 1. The number of imidazole rings is 1. The molecule has 0 saturated heterocycles. The fraction of sp³-hybridized carbons (Fsp3) is 0.176. The van der Waals surface area contributed by atoms with Crippen LogP contribution in [0.15, 0.2) is 51.7 Å². The highest BCUT2D eigenvalue weighted by atomic mass is 79.9. The normalized spacial score (nSPS) is 10.7. The van der Waals surface area contributed by atoms with Crippen molar-refractivity contribution in [2.45, 2.75) is 12.8 Å². The Hall–Kier alpha value is -2.54. The number of nitrogens with one attached hydrogen (secondary N) is 3. The molecule has 6 nitrogen and oxygen atoms in total. The Morgan fingerprint density at radius 3 is 2.79 bits per heavy atom. The van der Waals surface area contributed by atoms with Gasteiger partial charge >= 0.3 is 5.69 Å². The highest BCUT2D eigenvalue weighted by molar-refractivity contribution is 9.10. The molecule has 0 aliphatic heterocycles. The Kier molecular flexibility index (Phi) is 5.00. The van der Waals surface area contributed by atoms with Crippen LogP contribution in [-0.4, -0.2) is 22.5 Å². The molecule has 3 aromatic rings. The fourth-order valence-electron chi connectivity index (χ4n) is 2.31. The topological polar surface area (TPSA) is 87.0 Å². The van der Waals surface area contributed by atoms with E-state index in [9.17, 15) is 9.59 Å². The second-order valence-corrected chi connectivity index (χ2v) is 6.21. The van der Waals surface area contributed by atoms with E-state index in [4.69, 9.17) is 4.74 Å². The molecular weight excluding hydrogens is 374 g/mol. The molecule has 0 atom stereocenters. The third-order valence-electron chi connectivity index (χ3n) is 3.41. The minimum absolute atomic E-state index is 0.0925. The number of hydrogen-bond donors (Lipinski definition) is 3. The Labute approximate surface area is 146 Å². The fourth-order valence-corrected chi connectivity index (χ4v) is 2.69. The van der Waals surface area contributed by atoms with E-state index in [1.165, 1.54) is 0 Å². The number of fused-ring (bicyclic) bond motifs is 1. The summed E-state index contributed by atoms with van der Waals surface area (Å²) < 4.78 is 6.55. The number of benzene rings is 2. The standard InChI is InChI=1S/C17H16BrN3O3/c18-11-3-1-4-13(9-11)24-8-2-5-16(22)19-12-6-7-14-15(10-12)21-17(23)20-14/h1,3-4,6-7,9-10H,2,5,8H2,(H,19,22)(H2,20,21,23). The summed E-state index contributed by atoms with van der Waals surface area (Å²) in [6.07, 6.45) is 0.970. The van der Waals surface area contributed by atoms with Gasteiger partial charge in [-0.3, -0.25) is 4.79 Å². The molecule has 0 fully saturated rings. The van der Waals surface area contributed by atoms with Crippen LogP contribution in [0.1, 0.15) is 12.8 Å². The Balaban J connectivity index is 1.47. The lowest BCUT2D eigenvalue weighted by Crippen LogP contribution is -2.12. The van der Waals surface area contributed by atoms with Gasteiger partial charge in [-0.15, -0.1) is 0 Å². The molecule has 0 aliphatic carbocycles. The average Bonchev–Trinajstić information content (AvgIpc) is 2.91. The predicted molar refractivity (Wildman–Crippen MR) is 96.4 cm³/mol. The lowest BCUT2D eigenvalue weighted by atomic mass is 10.2. The lowest BCUT2D eigenvalue weighted by molar-refractivity contribution is -0.116. The van der Waals surface area contributed by atoms with E-state index in [0.29, 0.717) is 36.2 Å². The molecule has 1 heterocycles. The van der Waals surface area contributed by atoms with Crippen molar-refractivity contribution in [3.05, 3.63) is 57.4 Å². The second kappa shape index (κ2) is 7.35. The molecule has 1 aromatic heterocycles. The summed E-state index contributed by atoms with van der Waals surface area (Å²) in [6, 6.07) is 12.8. The minimum atomic E-state index is -0.266. The Bertz CT molecular complexity index is 917. The first kappa shape index (κ1) is 16.3. The van der Waals surface area contributed by atoms with Gasteiger partial charge in [-0.05, 0) is 42.8 Å². The van der Waals surface area contributed by atoms with Gasteiger partial charge in [0.25, 0.3) is 0 Å². The Morgan fingerprint density at radius 1 is 1.12 bits per heavy atom. The van der Waals surface area contributed by atoms with Crippen molar-refractivity contribution in [1.82, 2.24) is 9.97 Å². The predicted octanol–water partition coefficient (Wildman–Crippen LogP) is 3.42. The van der Waals surface area contributed by atoms with Gasteiger partial charge < -0.3 is 20.0 Å². The number of rotatable bonds is 6. The molecule has 3 N–H and O–H groups in total. The molecule has 1 amide bonds. The smallest absolute Gasteiger partial charge is 0.323 e. The van der Waals surface area contributed by atoms with E-state index in [0.717, 1.165) is 10.2 Å². The van der Waals surface area contributed by atoms with Crippen LogP contribution in [-0.2, 0) is 4.79 Å². The van der Waals surface area contributed by atoms with E-state index in [-0.39, 0.29) is 11.6 Å². The van der Waals surface area contributed by atoms with Crippen LogP contribution in [0.3, 0.4) is 0 Å². The molecule has 0 radical (unpaired) electrons. The number of hydrogen-bond acceptors (Lipinski definition) is 3. The van der Waals surface area contributed by atoms with Crippen LogP contribution in [0.2, 0.25) is 0 Å². The molecule has 0 aliphatic rings. The average molecular weight is 390 g/mol. The summed E-state index contributed by atoms with van der Waals surface area (Å²) in [4.78, 5) is 28.5. The van der Waals surface area contributed by atoms with Crippen molar-refractivity contribution in [2.75, 3.05) is 11.9 Å². The summed E-state index contributed by atoms with van der Waals surface area (Å²) in [6.45, 7) is 0.466. The van der Waals surface area contributed by atoms with E-state index < -0.39 is 0 Å². The van der Waals surface area contributed by atoms with Crippen LogP contribution in [0.5, 0.6) is 5.75 Å². The zero-order valence-electron chi connectivity index (χ0n) is 12.8. The molecule has 24 heavy (non-hydrogen) atoms. The first-order chi connectivity index (χ1) is 11.6. The lowest BCUT2D eigenvalue weighted by Gasteiger charge is -2.07. The van der Waals surface area contributed by atoms with E-state index in [1.807, 2.05) is 24.3 Å². The largest absolute Gasteiger partial charge is 0.494 e. The van der Waals surface area contributed by atoms with Crippen molar-refractivity contribution < 1.29 is 9.53 Å². The van der Waals surface area contributed by atoms with Crippen LogP contribution in [0.25, 0.3) is 11.0 Å². The van der Waals surface area contributed by atoms with Crippen LogP contribution in [0, 0.1) is 0 Å². The van der Waals surface area contributed by atoms with Gasteiger partial charge in [0.2, 0.25) is 5.91 Å². The molecule has 0 saturated carbocycles. The van der Waals surface area contributed by atoms with Crippen LogP contribution >= 0.6 is 15.9 Å². The summed E-state index contributed by atoms with van der Waals surface area (Å²) in [5.74, 6) is 0.678. The SMILES string of the molecule is O=C(CCCOc1cccc(Br)c1)Nc1ccc2[nH]c(=O)[nH]c2c1. The van der Waals surface area contributed by atoms with Gasteiger partial charge in [0.15, 0.2) is 0 Å². The maximum atomic E-state index is 12.0. The highest BCUT2D eigenvalue weighted by Crippen LogP contribution is 2.18. The molecule has 0 bridgehead atoms. The van der Waals surface area contributed by atoms with Gasteiger partial charge in [-0.25, -0.2) is 4.79 Å². The number of aromatic nitrogens is 2. The number of ether oxygens (including phenoxy) is 1. The van der Waals surface area contributed by atoms with Crippen molar-refractivity contribution in [3.63, 3.8) is 0 Å². The monoisotopic (exact) mass is 389 g/mol. The first-order valence-corrected chi connectivity index (χ1v) is 8.30. The van der Waals surface area contributed by atoms with Gasteiger partial charge in [0.1, 0.15) is 5.75 Å². The minimum Gasteiger partial charge on any atom is -0.494 e. The number of amides is 1. The number of carbonyl (C=O) groups is 1. The third-order valence-corrected chi connectivity index (χ3v) is 3.91. The number of anilines is 1. The zero-order chi connectivity index (χ0) is 16.9. The molecule has 3 rings (SSSR count). The summed E-state index contributed by atoms with van der Waals surface area (Å²) in [5, 5.41) is 2.81. The molecular formula is C17H16BrN3O3. The number of carbonyl (C=O) groups excluding carboxylic acids is 1. The summed E-state index contributed by atoms with van der Waals surface area (Å²) >= 11 is 3.38. The molecule has 2 aromatic carbocycles. The zero-order valence-corrected chi connectivity index (χ0v) is 14.4. The van der Waals surface area contributed by atoms with E-state index >= 15 is 0 Å². The molecule has 124 valence electrons. The van der Waals surface area contributed by atoms with Gasteiger partial charge in [-0.2, -0.15) is 0 Å². The Morgan fingerprint density at radius 2 is 1.96 bits per heavy atom. The summed E-state index contributed by atoms with van der Waals surface area (Å²) in [7, 11) is 0. The van der Waals surface area contributed by atoms with Crippen molar-refractivity contribution in [1.29, 1.82) is 0 Å². The quantitative estimate of drug-likeness (QED) is 0.564. The molecule has 0 unspecified atom stereocenters. The second-order valence-electron chi connectivity index (χ2n) is 5.30. The van der Waals surface area contributed by atoms with Crippen molar-refractivity contribution in [3.8, 4) is 5.75 Å². The van der Waals surface area contributed by atoms with Gasteiger partial charge in [0.05, 0.1) is 17.6 Å². The van der Waals surface area contributed by atoms with Crippen molar-refractivity contribution in [2.24, 2.45) is 0 Å². The van der Waals surface area contributed by atoms with E-state index in [2.05, 4.69) is 31.2 Å². The molecule has 0 spiro atoms.